The van der Waals surface area contributed by atoms with Gasteiger partial charge in [0.05, 0.1) is 0 Å². The van der Waals surface area contributed by atoms with Gasteiger partial charge in [-0.05, 0) is 31.4 Å². The molecule has 2 aromatic rings. The highest BCUT2D eigenvalue weighted by Gasteiger charge is 2.41. The Labute approximate surface area is 146 Å². The lowest BCUT2D eigenvalue weighted by atomic mass is 9.97. The van der Waals surface area contributed by atoms with E-state index in [2.05, 4.69) is 15.2 Å². The highest BCUT2D eigenvalue weighted by molar-refractivity contribution is 6.02. The molecule has 0 aromatic carbocycles. The number of rotatable bonds is 3. The molecule has 0 saturated carbocycles. The fourth-order valence-electron chi connectivity index (χ4n) is 3.73. The summed E-state index contributed by atoms with van der Waals surface area (Å²) in [6.45, 7) is 2.90. The Kier molecular flexibility index (Phi) is 3.98. The fraction of sp³-hybridized carbons (Fsp3) is 0.471. The molecule has 9 heteroatoms. The topological polar surface area (TPSA) is 75.4 Å². The number of hydrogen-bond donors (Lipinski definition) is 1. The van der Waals surface area contributed by atoms with Crippen LogP contribution >= 0.6 is 0 Å². The van der Waals surface area contributed by atoms with E-state index in [-0.39, 0.29) is 22.7 Å². The third-order valence-corrected chi connectivity index (χ3v) is 4.92. The molecule has 2 bridgehead atoms. The molecular formula is C17H16F3N3O3. The van der Waals surface area contributed by atoms with Gasteiger partial charge in [-0.3, -0.25) is 14.6 Å². The Balaban J connectivity index is 1.51. The molecule has 4 rings (SSSR count). The molecule has 2 aliphatic rings. The predicted octanol–water partition coefficient (Wildman–Crippen LogP) is 2.40. The lowest BCUT2D eigenvalue weighted by molar-refractivity contribution is -0.0898. The van der Waals surface area contributed by atoms with Crippen molar-refractivity contribution in [3.05, 3.63) is 29.8 Å². The van der Waals surface area contributed by atoms with Crippen molar-refractivity contribution in [3.8, 4) is 0 Å². The van der Waals surface area contributed by atoms with Crippen LogP contribution in [0, 0.1) is 5.92 Å². The van der Waals surface area contributed by atoms with Crippen LogP contribution in [0.4, 0.5) is 13.2 Å². The Morgan fingerprint density at radius 2 is 2.08 bits per heavy atom. The first kappa shape index (κ1) is 17.0. The first-order chi connectivity index (χ1) is 12.3. The third-order valence-electron chi connectivity index (χ3n) is 4.92. The second-order valence-electron chi connectivity index (χ2n) is 6.87. The summed E-state index contributed by atoms with van der Waals surface area (Å²) in [6.07, 6.45) is -1.74. The van der Waals surface area contributed by atoms with Gasteiger partial charge in [-0.25, -0.2) is 0 Å². The van der Waals surface area contributed by atoms with E-state index in [0.717, 1.165) is 38.5 Å². The Morgan fingerprint density at radius 1 is 1.27 bits per heavy atom. The van der Waals surface area contributed by atoms with Gasteiger partial charge in [0.2, 0.25) is 0 Å². The van der Waals surface area contributed by atoms with E-state index in [9.17, 15) is 22.8 Å². The summed E-state index contributed by atoms with van der Waals surface area (Å²) in [7, 11) is 0. The number of furan rings is 1. The molecule has 3 atom stereocenters. The number of carbonyl (C=O) groups excluding carboxylic acids is 2. The van der Waals surface area contributed by atoms with E-state index in [1.165, 1.54) is 12.3 Å². The number of halogens is 3. The predicted molar refractivity (Wildman–Crippen MR) is 84.8 cm³/mol. The maximum atomic E-state index is 12.5. The number of nitrogens with zero attached hydrogens (tertiary/aromatic N) is 2. The smallest absolute Gasteiger partial charge is 0.452 e. The number of Topliss-reactive ketones (excluding diaryl/α,β-unsaturated/α-hetero) is 1. The summed E-state index contributed by atoms with van der Waals surface area (Å²) in [4.78, 5) is 30.0. The standard InChI is InChI=1S/C17H16F3N3O3/c18-17(19,20)15(24)14-4-10-6-21-12(5-13(10)26-14)16(25)22-11-3-9-1-2-23(7-9)8-11/h4-6,9,11H,1-3,7-8H2,(H,22,25)/t9-,11+/m0/s1. The van der Waals surface area contributed by atoms with E-state index in [1.807, 2.05) is 0 Å². The summed E-state index contributed by atoms with van der Waals surface area (Å²) in [6, 6.07) is 2.27. The zero-order valence-corrected chi connectivity index (χ0v) is 13.7. The van der Waals surface area contributed by atoms with Crippen molar-refractivity contribution < 1.29 is 27.2 Å². The summed E-state index contributed by atoms with van der Waals surface area (Å²) in [5.74, 6) is -2.69. The molecule has 138 valence electrons. The molecule has 2 fully saturated rings. The van der Waals surface area contributed by atoms with Crippen LogP contribution < -0.4 is 5.32 Å². The first-order valence-electron chi connectivity index (χ1n) is 8.34. The summed E-state index contributed by atoms with van der Waals surface area (Å²) in [5, 5.41) is 3.16. The maximum absolute atomic E-state index is 12.5. The van der Waals surface area contributed by atoms with Crippen LogP contribution in [0.15, 0.2) is 22.7 Å². The van der Waals surface area contributed by atoms with Crippen molar-refractivity contribution in [2.75, 3.05) is 19.6 Å². The molecule has 2 aromatic heterocycles. The second-order valence-corrected chi connectivity index (χ2v) is 6.87. The van der Waals surface area contributed by atoms with Crippen molar-refractivity contribution >= 4 is 22.7 Å². The number of nitrogens with one attached hydrogen (secondary N) is 1. The van der Waals surface area contributed by atoms with E-state index in [1.54, 1.807) is 0 Å². The molecular weight excluding hydrogens is 351 g/mol. The van der Waals surface area contributed by atoms with E-state index >= 15 is 0 Å². The van der Waals surface area contributed by atoms with Gasteiger partial charge in [0, 0.05) is 36.8 Å². The number of aromatic nitrogens is 1. The van der Waals surface area contributed by atoms with E-state index in [4.69, 9.17) is 4.42 Å². The van der Waals surface area contributed by atoms with Crippen LogP contribution in [-0.2, 0) is 0 Å². The zero-order chi connectivity index (χ0) is 18.5. The average Bonchev–Trinajstić information content (AvgIpc) is 3.15. The number of piperidine rings is 1. The van der Waals surface area contributed by atoms with Crippen molar-refractivity contribution in [2.45, 2.75) is 25.1 Å². The minimum atomic E-state index is -5.02. The number of ketones is 1. The molecule has 4 heterocycles. The molecule has 6 nitrogen and oxygen atoms in total. The van der Waals surface area contributed by atoms with Crippen molar-refractivity contribution in [1.82, 2.24) is 15.2 Å². The van der Waals surface area contributed by atoms with Crippen LogP contribution in [0.5, 0.6) is 0 Å². The van der Waals surface area contributed by atoms with Crippen molar-refractivity contribution in [1.29, 1.82) is 0 Å². The molecule has 0 radical (unpaired) electrons. The van der Waals surface area contributed by atoms with Crippen LogP contribution in [0.3, 0.4) is 0 Å². The van der Waals surface area contributed by atoms with Crippen LogP contribution in [0.25, 0.3) is 11.0 Å². The van der Waals surface area contributed by atoms with Crippen molar-refractivity contribution in [2.24, 2.45) is 5.92 Å². The lowest BCUT2D eigenvalue weighted by Crippen LogP contribution is -2.47. The molecule has 1 amide bonds. The van der Waals surface area contributed by atoms with Gasteiger partial charge in [0.25, 0.3) is 5.91 Å². The maximum Gasteiger partial charge on any atom is 0.458 e. The molecule has 26 heavy (non-hydrogen) atoms. The molecule has 0 aliphatic carbocycles. The van der Waals surface area contributed by atoms with Gasteiger partial charge in [-0.15, -0.1) is 0 Å². The van der Waals surface area contributed by atoms with Gasteiger partial charge in [0.1, 0.15) is 11.3 Å². The van der Waals surface area contributed by atoms with Crippen LogP contribution in [0.2, 0.25) is 0 Å². The monoisotopic (exact) mass is 367 g/mol. The van der Waals surface area contributed by atoms with Gasteiger partial charge >= 0.3 is 12.0 Å². The average molecular weight is 367 g/mol. The Bertz CT molecular complexity index is 865. The lowest BCUT2D eigenvalue weighted by Gasteiger charge is -2.30. The molecule has 0 spiro atoms. The normalized spacial score (nSPS) is 25.4. The molecule has 1 N–H and O–H groups in total. The van der Waals surface area contributed by atoms with Crippen molar-refractivity contribution in [3.63, 3.8) is 0 Å². The summed E-state index contributed by atoms with van der Waals surface area (Å²) >= 11 is 0. The quantitative estimate of drug-likeness (QED) is 0.844. The van der Waals surface area contributed by atoms with Gasteiger partial charge in [-0.1, -0.05) is 0 Å². The molecule has 1 unspecified atom stereocenters. The SMILES string of the molecule is O=C(N[C@@H]1C[C@@H]2CCN(C2)C1)c1cc2oc(C(=O)C(F)(F)F)cc2cn1. The van der Waals surface area contributed by atoms with Gasteiger partial charge in [0.15, 0.2) is 5.76 Å². The largest absolute Gasteiger partial charge is 0.458 e. The number of alkyl halides is 3. The minimum Gasteiger partial charge on any atom is -0.452 e. The Morgan fingerprint density at radius 3 is 2.81 bits per heavy atom. The van der Waals surface area contributed by atoms with E-state index in [0.29, 0.717) is 5.92 Å². The fourth-order valence-corrected chi connectivity index (χ4v) is 3.73. The summed E-state index contributed by atoms with van der Waals surface area (Å²) in [5.41, 5.74) is 0.0657. The first-order valence-corrected chi connectivity index (χ1v) is 8.34. The van der Waals surface area contributed by atoms with Gasteiger partial charge < -0.3 is 14.6 Å². The highest BCUT2D eigenvalue weighted by atomic mass is 19.4. The Hall–Kier alpha value is -2.42. The third kappa shape index (κ3) is 3.18. The van der Waals surface area contributed by atoms with Gasteiger partial charge in [-0.2, -0.15) is 13.2 Å². The van der Waals surface area contributed by atoms with Crippen LogP contribution in [0.1, 0.15) is 33.9 Å². The number of pyridine rings is 1. The minimum absolute atomic E-state index is 0.0187. The molecule has 2 aliphatic heterocycles. The second kappa shape index (κ2) is 6.08. The molecule has 2 saturated heterocycles. The summed E-state index contributed by atoms with van der Waals surface area (Å²) < 4.78 is 42.5. The van der Waals surface area contributed by atoms with Crippen LogP contribution in [-0.4, -0.2) is 53.4 Å². The number of hydrogen-bond acceptors (Lipinski definition) is 5. The number of fused-ring (bicyclic) bond motifs is 3. The zero-order valence-electron chi connectivity index (χ0n) is 13.7. The number of amides is 1. The number of carbonyl (C=O) groups is 2. The highest BCUT2D eigenvalue weighted by Crippen LogP contribution is 2.28. The van der Waals surface area contributed by atoms with E-state index < -0.39 is 23.6 Å².